The lowest BCUT2D eigenvalue weighted by molar-refractivity contribution is 0.384. The highest BCUT2D eigenvalue weighted by Gasteiger charge is 2.30. The number of nitrogens with zero attached hydrogens (tertiary/aromatic N) is 3. The first-order valence-electron chi connectivity index (χ1n) is 9.80. The first kappa shape index (κ1) is 21.0. The molecular weight excluding hydrogens is 421 g/mol. The number of sulfonamides is 1. The molecular formula is C22H24FN3O2S2. The number of aromatic nitrogens is 1. The van der Waals surface area contributed by atoms with Gasteiger partial charge in [-0.3, -0.25) is 0 Å². The number of thiazole rings is 1. The Hall–Kier alpha value is -2.29. The van der Waals surface area contributed by atoms with Crippen LogP contribution in [0.2, 0.25) is 0 Å². The van der Waals surface area contributed by atoms with E-state index in [2.05, 4.69) is 42.3 Å². The molecule has 2 aromatic carbocycles. The minimum Gasteiger partial charge on any atom is -0.345 e. The second-order valence-corrected chi connectivity index (χ2v) is 10.4. The Labute approximate surface area is 180 Å². The number of piperazine rings is 1. The first-order chi connectivity index (χ1) is 14.3. The zero-order valence-electron chi connectivity index (χ0n) is 17.2. The average Bonchev–Trinajstić information content (AvgIpc) is 3.21. The lowest BCUT2D eigenvalue weighted by Gasteiger charge is -2.34. The first-order valence-corrected chi connectivity index (χ1v) is 12.1. The predicted octanol–water partition coefficient (Wildman–Crippen LogP) is 4.39. The van der Waals surface area contributed by atoms with Crippen LogP contribution in [0.25, 0.3) is 11.3 Å². The molecule has 1 fully saturated rings. The Morgan fingerprint density at radius 1 is 0.967 bits per heavy atom. The molecule has 30 heavy (non-hydrogen) atoms. The Kier molecular flexibility index (Phi) is 5.65. The van der Waals surface area contributed by atoms with Gasteiger partial charge in [0, 0.05) is 37.1 Å². The molecule has 0 saturated carbocycles. The molecule has 0 N–H and O–H groups in total. The maximum absolute atomic E-state index is 13.6. The normalized spacial score (nSPS) is 15.5. The van der Waals surface area contributed by atoms with E-state index in [1.54, 1.807) is 18.3 Å². The molecule has 0 unspecified atom stereocenters. The summed E-state index contributed by atoms with van der Waals surface area (Å²) in [5.41, 5.74) is 4.99. The quantitative estimate of drug-likeness (QED) is 0.598. The van der Waals surface area contributed by atoms with E-state index in [9.17, 15) is 12.8 Å². The van der Waals surface area contributed by atoms with Crippen molar-refractivity contribution in [1.29, 1.82) is 0 Å². The Bertz CT molecular complexity index is 1180. The fourth-order valence-corrected chi connectivity index (χ4v) is 6.19. The van der Waals surface area contributed by atoms with Crippen LogP contribution in [0.15, 0.2) is 46.7 Å². The van der Waals surface area contributed by atoms with Crippen molar-refractivity contribution in [2.75, 3.05) is 31.1 Å². The van der Waals surface area contributed by atoms with Crippen molar-refractivity contribution in [3.8, 4) is 11.3 Å². The Balaban J connectivity index is 1.50. The molecule has 2 heterocycles. The van der Waals surface area contributed by atoms with E-state index < -0.39 is 15.8 Å². The van der Waals surface area contributed by atoms with Crippen LogP contribution < -0.4 is 4.90 Å². The summed E-state index contributed by atoms with van der Waals surface area (Å²) in [5, 5.41) is 2.95. The molecule has 4 rings (SSSR count). The third kappa shape index (κ3) is 3.99. The fraction of sp³-hybridized carbons (Fsp3) is 0.318. The lowest BCUT2D eigenvalue weighted by Crippen LogP contribution is -2.48. The number of hydrogen-bond acceptors (Lipinski definition) is 5. The van der Waals surface area contributed by atoms with Crippen LogP contribution in [0.3, 0.4) is 0 Å². The van der Waals surface area contributed by atoms with Gasteiger partial charge in [-0.05, 0) is 50.1 Å². The molecule has 0 atom stereocenters. The average molecular weight is 446 g/mol. The number of halogens is 1. The minimum atomic E-state index is -3.72. The summed E-state index contributed by atoms with van der Waals surface area (Å²) in [7, 11) is -3.72. The van der Waals surface area contributed by atoms with Crippen molar-refractivity contribution < 1.29 is 12.8 Å². The molecule has 0 aliphatic carbocycles. The highest BCUT2D eigenvalue weighted by Crippen LogP contribution is 2.31. The van der Waals surface area contributed by atoms with Gasteiger partial charge in [-0.15, -0.1) is 11.3 Å². The predicted molar refractivity (Wildman–Crippen MR) is 119 cm³/mol. The molecule has 1 aromatic heterocycles. The molecule has 3 aromatic rings. The summed E-state index contributed by atoms with van der Waals surface area (Å²) in [6.45, 7) is 7.61. The van der Waals surface area contributed by atoms with Gasteiger partial charge in [0.25, 0.3) is 0 Å². The highest BCUT2D eigenvalue weighted by atomic mass is 32.2. The van der Waals surface area contributed by atoms with E-state index in [1.807, 2.05) is 0 Å². The number of anilines is 1. The molecule has 0 radical (unpaired) electrons. The minimum absolute atomic E-state index is 0.0439. The molecule has 158 valence electrons. The number of benzene rings is 2. The monoisotopic (exact) mass is 445 g/mol. The van der Waals surface area contributed by atoms with Gasteiger partial charge in [0.1, 0.15) is 5.82 Å². The van der Waals surface area contributed by atoms with Gasteiger partial charge in [-0.2, -0.15) is 4.31 Å². The maximum atomic E-state index is 13.6. The fourth-order valence-electron chi connectivity index (χ4n) is 3.66. The summed E-state index contributed by atoms with van der Waals surface area (Å²) >= 11 is 1.57. The molecule has 0 bridgehead atoms. The third-order valence-corrected chi connectivity index (χ3v) is 8.38. The second kappa shape index (κ2) is 8.09. The molecule has 8 heteroatoms. The molecule has 1 aliphatic heterocycles. The van der Waals surface area contributed by atoms with Crippen LogP contribution in [0.5, 0.6) is 0 Å². The van der Waals surface area contributed by atoms with E-state index >= 15 is 0 Å². The summed E-state index contributed by atoms with van der Waals surface area (Å²) in [6, 6.07) is 10.2. The van der Waals surface area contributed by atoms with Crippen LogP contribution in [0.1, 0.15) is 16.7 Å². The van der Waals surface area contributed by atoms with E-state index in [4.69, 9.17) is 4.98 Å². The molecule has 5 nitrogen and oxygen atoms in total. The second-order valence-electron chi connectivity index (χ2n) is 7.63. The van der Waals surface area contributed by atoms with Crippen molar-refractivity contribution in [2.45, 2.75) is 25.7 Å². The van der Waals surface area contributed by atoms with E-state index in [0.717, 1.165) is 22.5 Å². The van der Waals surface area contributed by atoms with Gasteiger partial charge < -0.3 is 4.90 Å². The SMILES string of the molecule is Cc1ccc(C)c(-c2csc(N3CCN(S(=O)(=O)c4cc(F)ccc4C)CC3)n2)c1. The van der Waals surface area contributed by atoms with Crippen LogP contribution in [0, 0.1) is 26.6 Å². The Morgan fingerprint density at radius 3 is 2.40 bits per heavy atom. The summed E-state index contributed by atoms with van der Waals surface area (Å²) in [5.74, 6) is -0.542. The van der Waals surface area contributed by atoms with Crippen molar-refractivity contribution in [2.24, 2.45) is 0 Å². The lowest BCUT2D eigenvalue weighted by atomic mass is 10.0. The topological polar surface area (TPSA) is 53.5 Å². The van der Waals surface area contributed by atoms with Gasteiger partial charge in [-0.25, -0.2) is 17.8 Å². The van der Waals surface area contributed by atoms with Gasteiger partial charge in [-0.1, -0.05) is 23.8 Å². The van der Waals surface area contributed by atoms with Gasteiger partial charge in [0.15, 0.2) is 5.13 Å². The summed E-state index contributed by atoms with van der Waals surface area (Å²) in [4.78, 5) is 6.96. The smallest absolute Gasteiger partial charge is 0.243 e. The van der Waals surface area contributed by atoms with Crippen LogP contribution >= 0.6 is 11.3 Å². The van der Waals surface area contributed by atoms with Crippen molar-refractivity contribution in [3.05, 3.63) is 64.3 Å². The van der Waals surface area contributed by atoms with Gasteiger partial charge in [0.2, 0.25) is 10.0 Å². The number of rotatable bonds is 4. The maximum Gasteiger partial charge on any atom is 0.243 e. The number of aryl methyl sites for hydroxylation is 3. The molecule has 0 spiro atoms. The molecule has 1 aliphatic rings. The standard InChI is InChI=1S/C22H24FN3O2S2/c1-15-4-5-16(2)19(12-15)20-14-29-22(24-20)25-8-10-26(11-9-25)30(27,28)21-13-18(23)7-6-17(21)3/h4-7,12-14H,8-11H2,1-3H3. The molecule has 1 saturated heterocycles. The zero-order valence-corrected chi connectivity index (χ0v) is 18.9. The van der Waals surface area contributed by atoms with Crippen molar-refractivity contribution in [1.82, 2.24) is 9.29 Å². The van der Waals surface area contributed by atoms with Crippen LogP contribution in [-0.4, -0.2) is 43.9 Å². The van der Waals surface area contributed by atoms with Crippen LogP contribution in [-0.2, 0) is 10.0 Å². The molecule has 0 amide bonds. The largest absolute Gasteiger partial charge is 0.345 e. The zero-order chi connectivity index (χ0) is 21.5. The van der Waals surface area contributed by atoms with Gasteiger partial charge >= 0.3 is 0 Å². The Morgan fingerprint density at radius 2 is 1.67 bits per heavy atom. The van der Waals surface area contributed by atoms with E-state index in [-0.39, 0.29) is 4.90 Å². The van der Waals surface area contributed by atoms with Crippen LogP contribution in [0.4, 0.5) is 9.52 Å². The van der Waals surface area contributed by atoms with E-state index in [0.29, 0.717) is 31.7 Å². The van der Waals surface area contributed by atoms with Gasteiger partial charge in [0.05, 0.1) is 10.6 Å². The number of hydrogen-bond donors (Lipinski definition) is 0. The third-order valence-electron chi connectivity index (χ3n) is 5.44. The van der Waals surface area contributed by atoms with E-state index in [1.165, 1.54) is 27.6 Å². The summed E-state index contributed by atoms with van der Waals surface area (Å²) in [6.07, 6.45) is 0. The van der Waals surface area contributed by atoms with Crippen molar-refractivity contribution in [3.63, 3.8) is 0 Å². The highest BCUT2D eigenvalue weighted by molar-refractivity contribution is 7.89. The van der Waals surface area contributed by atoms with Crippen molar-refractivity contribution >= 4 is 26.5 Å². The summed E-state index contributed by atoms with van der Waals surface area (Å²) < 4.78 is 41.0.